The van der Waals surface area contributed by atoms with Gasteiger partial charge in [0.15, 0.2) is 0 Å². The number of hydrogen-bond donors (Lipinski definition) is 2. The summed E-state index contributed by atoms with van der Waals surface area (Å²) < 4.78 is 25.8. The quantitative estimate of drug-likeness (QED) is 0.545. The molecule has 0 atom stereocenters. The van der Waals surface area contributed by atoms with Crippen molar-refractivity contribution in [3.05, 3.63) is 0 Å². The van der Waals surface area contributed by atoms with Crippen molar-refractivity contribution in [3.63, 3.8) is 0 Å². The lowest BCUT2D eigenvalue weighted by Gasteiger charge is -2.10. The van der Waals surface area contributed by atoms with Crippen LogP contribution in [0.5, 0.6) is 0 Å². The van der Waals surface area contributed by atoms with Crippen LogP contribution >= 0.6 is 0 Å². The Labute approximate surface area is 105 Å². The van der Waals surface area contributed by atoms with E-state index in [9.17, 15) is 8.42 Å². The Bertz CT molecular complexity index is 284. The number of nitrogens with zero attached hydrogens (tertiary/aromatic N) is 1. The molecule has 1 fully saturated rings. The van der Waals surface area contributed by atoms with Gasteiger partial charge in [-0.2, -0.15) is 0 Å². The molecule has 0 heterocycles. The third kappa shape index (κ3) is 8.54. The first-order chi connectivity index (χ1) is 7.99. The molecule has 0 aliphatic heterocycles. The molecule has 0 aromatic heterocycles. The second kappa shape index (κ2) is 7.31. The lowest BCUT2D eigenvalue weighted by atomic mass is 10.4. The fourth-order valence-corrected chi connectivity index (χ4v) is 2.68. The maximum absolute atomic E-state index is 11.6. The van der Waals surface area contributed by atoms with Gasteiger partial charge in [-0.05, 0) is 52.9 Å². The molecule has 2 N–H and O–H groups in total. The Morgan fingerprint density at radius 1 is 1.18 bits per heavy atom. The summed E-state index contributed by atoms with van der Waals surface area (Å²) >= 11 is 0. The summed E-state index contributed by atoms with van der Waals surface area (Å²) in [6, 6.07) is 0.658. The van der Waals surface area contributed by atoms with Gasteiger partial charge in [-0.1, -0.05) is 0 Å². The van der Waals surface area contributed by atoms with Gasteiger partial charge in [-0.3, -0.25) is 0 Å². The maximum Gasteiger partial charge on any atom is 0.211 e. The maximum atomic E-state index is 11.6. The van der Waals surface area contributed by atoms with Crippen LogP contribution in [-0.4, -0.2) is 58.8 Å². The summed E-state index contributed by atoms with van der Waals surface area (Å²) in [5, 5.41) is 3.31. The summed E-state index contributed by atoms with van der Waals surface area (Å²) in [7, 11) is 0.903. The van der Waals surface area contributed by atoms with Crippen molar-refractivity contribution in [3.8, 4) is 0 Å². The van der Waals surface area contributed by atoms with E-state index >= 15 is 0 Å². The van der Waals surface area contributed by atoms with Crippen LogP contribution in [0.2, 0.25) is 0 Å². The van der Waals surface area contributed by atoms with Crippen molar-refractivity contribution < 1.29 is 8.42 Å². The molecule has 0 bridgehead atoms. The number of hydrogen-bond acceptors (Lipinski definition) is 4. The van der Waals surface area contributed by atoms with E-state index in [1.807, 2.05) is 19.0 Å². The van der Waals surface area contributed by atoms with Crippen molar-refractivity contribution in [1.29, 1.82) is 0 Å². The van der Waals surface area contributed by atoms with Crippen LogP contribution < -0.4 is 10.0 Å². The Balaban J connectivity index is 1.99. The lowest BCUT2D eigenvalue weighted by Crippen LogP contribution is -2.30. The van der Waals surface area contributed by atoms with Gasteiger partial charge < -0.3 is 10.2 Å². The van der Waals surface area contributed by atoms with Crippen LogP contribution in [0, 0.1) is 0 Å². The zero-order chi connectivity index (χ0) is 12.7. The SMILES string of the molecule is CN(C)CCCNS(=O)(=O)CCCNC1CC1. The van der Waals surface area contributed by atoms with Crippen LogP contribution in [0.1, 0.15) is 25.7 Å². The smallest absolute Gasteiger partial charge is 0.211 e. The van der Waals surface area contributed by atoms with Crippen LogP contribution in [0.15, 0.2) is 0 Å². The summed E-state index contributed by atoms with van der Waals surface area (Å²) in [5.41, 5.74) is 0. The van der Waals surface area contributed by atoms with Crippen molar-refractivity contribution in [1.82, 2.24) is 14.9 Å². The molecule has 1 aliphatic carbocycles. The minimum Gasteiger partial charge on any atom is -0.314 e. The van der Waals surface area contributed by atoms with E-state index in [0.29, 0.717) is 19.0 Å². The standard InChI is InChI=1S/C11H25N3O2S/c1-14(2)9-3-8-13-17(15,16)10-4-7-12-11-5-6-11/h11-13H,3-10H2,1-2H3. The molecular weight excluding hydrogens is 238 g/mol. The molecule has 102 valence electrons. The minimum atomic E-state index is -3.07. The molecular formula is C11H25N3O2S. The first-order valence-corrected chi connectivity index (χ1v) is 8.00. The Morgan fingerprint density at radius 2 is 1.88 bits per heavy atom. The van der Waals surface area contributed by atoms with Gasteiger partial charge in [0.05, 0.1) is 5.75 Å². The third-order valence-electron chi connectivity index (χ3n) is 2.70. The van der Waals surface area contributed by atoms with Crippen LogP contribution in [0.3, 0.4) is 0 Å². The molecule has 5 nitrogen and oxygen atoms in total. The zero-order valence-electron chi connectivity index (χ0n) is 10.9. The molecule has 0 saturated heterocycles. The van der Waals surface area contributed by atoms with Crippen LogP contribution in [0.4, 0.5) is 0 Å². The number of sulfonamides is 1. The van der Waals surface area contributed by atoms with Crippen molar-refractivity contribution >= 4 is 10.0 Å². The monoisotopic (exact) mass is 263 g/mol. The van der Waals surface area contributed by atoms with Gasteiger partial charge in [-0.15, -0.1) is 0 Å². The molecule has 0 aromatic carbocycles. The van der Waals surface area contributed by atoms with Gasteiger partial charge in [0, 0.05) is 12.6 Å². The Morgan fingerprint density at radius 3 is 2.47 bits per heavy atom. The molecule has 17 heavy (non-hydrogen) atoms. The van der Waals surface area contributed by atoms with Gasteiger partial charge in [0.2, 0.25) is 10.0 Å². The topological polar surface area (TPSA) is 61.4 Å². The number of nitrogens with one attached hydrogen (secondary N) is 2. The fourth-order valence-electron chi connectivity index (χ4n) is 1.55. The summed E-state index contributed by atoms with van der Waals surface area (Å²) in [6.07, 6.45) is 4.04. The van der Waals surface area contributed by atoms with Crippen molar-refractivity contribution in [2.75, 3.05) is 39.5 Å². The molecule has 0 radical (unpaired) electrons. The van der Waals surface area contributed by atoms with Gasteiger partial charge >= 0.3 is 0 Å². The zero-order valence-corrected chi connectivity index (χ0v) is 11.7. The molecule has 6 heteroatoms. The van der Waals surface area contributed by atoms with Gasteiger partial charge in [0.25, 0.3) is 0 Å². The van der Waals surface area contributed by atoms with Crippen molar-refractivity contribution in [2.24, 2.45) is 0 Å². The molecule has 0 unspecified atom stereocenters. The van der Waals surface area contributed by atoms with Gasteiger partial charge in [0.1, 0.15) is 0 Å². The second-order valence-electron chi connectivity index (χ2n) is 4.95. The highest BCUT2D eigenvalue weighted by Gasteiger charge is 2.20. The molecule has 0 amide bonds. The predicted octanol–water partition coefficient (Wildman–Crippen LogP) is -0.000400. The molecule has 1 saturated carbocycles. The summed E-state index contributed by atoms with van der Waals surface area (Å²) in [4.78, 5) is 2.05. The fraction of sp³-hybridized carbons (Fsp3) is 1.00. The van der Waals surface area contributed by atoms with E-state index in [0.717, 1.165) is 19.5 Å². The minimum absolute atomic E-state index is 0.231. The van der Waals surface area contributed by atoms with E-state index in [1.165, 1.54) is 12.8 Å². The average molecular weight is 263 g/mol. The second-order valence-corrected chi connectivity index (χ2v) is 6.88. The van der Waals surface area contributed by atoms with Gasteiger partial charge in [-0.25, -0.2) is 13.1 Å². The highest BCUT2D eigenvalue weighted by atomic mass is 32.2. The highest BCUT2D eigenvalue weighted by Crippen LogP contribution is 2.18. The predicted molar refractivity (Wildman–Crippen MR) is 70.6 cm³/mol. The molecule has 1 rings (SSSR count). The summed E-state index contributed by atoms with van der Waals surface area (Å²) in [5.74, 6) is 0.231. The summed E-state index contributed by atoms with van der Waals surface area (Å²) in [6.45, 7) is 2.26. The van der Waals surface area contributed by atoms with E-state index in [-0.39, 0.29) is 5.75 Å². The van der Waals surface area contributed by atoms with Crippen molar-refractivity contribution in [2.45, 2.75) is 31.7 Å². The van der Waals surface area contributed by atoms with Crippen LogP contribution in [-0.2, 0) is 10.0 Å². The van der Waals surface area contributed by atoms with E-state index in [4.69, 9.17) is 0 Å². The molecule has 0 aromatic rings. The Kier molecular flexibility index (Phi) is 6.40. The number of rotatable bonds is 10. The first kappa shape index (κ1) is 14.9. The van der Waals surface area contributed by atoms with E-state index in [2.05, 4.69) is 10.0 Å². The van der Waals surface area contributed by atoms with Crippen LogP contribution in [0.25, 0.3) is 0 Å². The normalized spacial score (nSPS) is 16.6. The first-order valence-electron chi connectivity index (χ1n) is 6.35. The lowest BCUT2D eigenvalue weighted by molar-refractivity contribution is 0.400. The molecule has 1 aliphatic rings. The Hall–Kier alpha value is -0.170. The average Bonchev–Trinajstić information content (AvgIpc) is 3.03. The van der Waals surface area contributed by atoms with E-state index in [1.54, 1.807) is 0 Å². The van der Waals surface area contributed by atoms with E-state index < -0.39 is 10.0 Å². The third-order valence-corrected chi connectivity index (χ3v) is 4.17. The molecule has 0 spiro atoms. The largest absolute Gasteiger partial charge is 0.314 e. The highest BCUT2D eigenvalue weighted by molar-refractivity contribution is 7.89.